The fraction of sp³-hybridized carbons (Fsp3) is 0.438. The van der Waals surface area contributed by atoms with Crippen LogP contribution in [-0.4, -0.2) is 58.9 Å². The van der Waals surface area contributed by atoms with Crippen LogP contribution in [-0.2, 0) is 9.59 Å². The van der Waals surface area contributed by atoms with E-state index in [0.717, 1.165) is 0 Å². The molecule has 0 saturated carbocycles. The Morgan fingerprint density at radius 1 is 1.17 bits per heavy atom. The minimum atomic E-state index is -5.08. The van der Waals surface area contributed by atoms with Crippen LogP contribution in [0.4, 0.5) is 13.2 Å². The number of amides is 1. The summed E-state index contributed by atoms with van der Waals surface area (Å²) in [6.45, 7) is 2.79. The topological polar surface area (TPSA) is 113 Å². The van der Waals surface area contributed by atoms with E-state index in [1.54, 1.807) is 18.2 Å². The van der Waals surface area contributed by atoms with Gasteiger partial charge in [0.2, 0.25) is 0 Å². The van der Waals surface area contributed by atoms with Crippen molar-refractivity contribution in [3.63, 3.8) is 0 Å². The maximum absolute atomic E-state index is 12.1. The third-order valence-electron chi connectivity index (χ3n) is 2.68. The summed E-state index contributed by atoms with van der Waals surface area (Å²) in [5.41, 5.74) is 0.454. The Bertz CT molecular complexity index is 691. The van der Waals surface area contributed by atoms with Crippen molar-refractivity contribution >= 4 is 51.0 Å². The van der Waals surface area contributed by atoms with Crippen molar-refractivity contribution in [2.45, 2.75) is 19.5 Å². The molecule has 0 atom stereocenters. The summed E-state index contributed by atoms with van der Waals surface area (Å²) < 4.78 is 37.1. The summed E-state index contributed by atoms with van der Waals surface area (Å²) in [7, 11) is 3.02. The van der Waals surface area contributed by atoms with Crippen LogP contribution in [0.2, 0.25) is 5.02 Å². The Hall–Kier alpha value is -1.79. The Morgan fingerprint density at radius 2 is 1.76 bits per heavy atom. The summed E-state index contributed by atoms with van der Waals surface area (Å²) >= 11 is 5.90. The van der Waals surface area contributed by atoms with Gasteiger partial charge in [-0.1, -0.05) is 33.2 Å². The molecule has 0 bridgehead atoms. The van der Waals surface area contributed by atoms with E-state index in [1.165, 1.54) is 21.6 Å². The highest BCUT2D eigenvalue weighted by molar-refractivity contribution is 8.76. The minimum Gasteiger partial charge on any atom is -0.493 e. The van der Waals surface area contributed by atoms with Gasteiger partial charge in [0.15, 0.2) is 0 Å². The number of hydrogen-bond donors (Lipinski definition) is 3. The average Bonchev–Trinajstić information content (AvgIpc) is 2.60. The summed E-state index contributed by atoms with van der Waals surface area (Å²) in [4.78, 5) is 31.3. The highest BCUT2D eigenvalue weighted by atomic mass is 35.5. The first kappa shape index (κ1) is 27.2. The molecular weight excluding hydrogens is 459 g/mol. The molecule has 0 unspecified atom stereocenters. The van der Waals surface area contributed by atoms with Gasteiger partial charge in [0.05, 0.1) is 18.6 Å². The fourth-order valence-electron chi connectivity index (χ4n) is 1.51. The Labute approximate surface area is 177 Å². The highest BCUT2D eigenvalue weighted by Gasteiger charge is 2.38. The smallest absolute Gasteiger partial charge is 0.490 e. The lowest BCUT2D eigenvalue weighted by molar-refractivity contribution is -0.192. The first-order chi connectivity index (χ1) is 13.5. The van der Waals surface area contributed by atoms with Crippen LogP contribution >= 0.6 is 33.2 Å². The number of carboxylic acid groups (broad SMARTS) is 2. The van der Waals surface area contributed by atoms with Crippen LogP contribution in [0.5, 0.6) is 5.75 Å². The Balaban J connectivity index is 0.000000956. The number of halogens is 4. The predicted octanol–water partition coefficient (Wildman–Crippen LogP) is 3.96. The zero-order valence-corrected chi connectivity index (χ0v) is 17.5. The number of carboxylic acids is 2. The molecule has 1 amide bonds. The summed E-state index contributed by atoms with van der Waals surface area (Å²) in [6, 6.07) is 4.91. The standard InChI is InChI=1S/C14H18ClNO4S2.C2HF3O2/c1-2-20-12-9-10(15)3-4-11(12)14(19)16-6-8-22-21-7-5-13(17)18;3-2(4,5)1(6)7/h3-4,9H,2,5-8H2,1H3,(H,16,19)(H,17,18);(H,6,7). The molecule has 0 saturated heterocycles. The van der Waals surface area contributed by atoms with Crippen molar-refractivity contribution in [1.29, 1.82) is 0 Å². The van der Waals surface area contributed by atoms with E-state index < -0.39 is 18.1 Å². The molecule has 0 radical (unpaired) electrons. The van der Waals surface area contributed by atoms with Gasteiger partial charge in [0, 0.05) is 23.1 Å². The van der Waals surface area contributed by atoms with Gasteiger partial charge in [0.25, 0.3) is 5.91 Å². The van der Waals surface area contributed by atoms with Crippen LogP contribution in [0, 0.1) is 0 Å². The highest BCUT2D eigenvalue weighted by Crippen LogP contribution is 2.24. The third-order valence-corrected chi connectivity index (χ3v) is 5.33. The molecule has 1 aromatic carbocycles. The molecule has 13 heteroatoms. The molecule has 3 N–H and O–H groups in total. The molecule has 0 aliphatic carbocycles. The minimum absolute atomic E-state index is 0.145. The van der Waals surface area contributed by atoms with Crippen molar-refractivity contribution < 1.29 is 42.5 Å². The van der Waals surface area contributed by atoms with E-state index >= 15 is 0 Å². The van der Waals surface area contributed by atoms with Crippen molar-refractivity contribution in [3.8, 4) is 5.75 Å². The molecule has 1 rings (SSSR count). The van der Waals surface area contributed by atoms with Crippen LogP contribution in [0.3, 0.4) is 0 Å². The monoisotopic (exact) mass is 477 g/mol. The third kappa shape index (κ3) is 13.1. The number of nitrogens with one attached hydrogen (secondary N) is 1. The number of hydrogen-bond acceptors (Lipinski definition) is 6. The molecule has 0 aromatic heterocycles. The largest absolute Gasteiger partial charge is 0.493 e. The Kier molecular flexibility index (Phi) is 13.4. The van der Waals surface area contributed by atoms with Gasteiger partial charge >= 0.3 is 18.1 Å². The number of ether oxygens (including phenoxy) is 1. The number of benzene rings is 1. The molecule has 29 heavy (non-hydrogen) atoms. The first-order valence-electron chi connectivity index (χ1n) is 7.95. The summed E-state index contributed by atoms with van der Waals surface area (Å²) in [6.07, 6.45) is -4.94. The van der Waals surface area contributed by atoms with Crippen LogP contribution < -0.4 is 10.1 Å². The van der Waals surface area contributed by atoms with Gasteiger partial charge in [-0.2, -0.15) is 13.2 Å². The van der Waals surface area contributed by atoms with Crippen LogP contribution in [0.25, 0.3) is 0 Å². The van der Waals surface area contributed by atoms with Crippen LogP contribution in [0.15, 0.2) is 18.2 Å². The lowest BCUT2D eigenvalue weighted by Crippen LogP contribution is -2.26. The number of carbonyl (C=O) groups excluding carboxylic acids is 1. The van der Waals surface area contributed by atoms with Crippen molar-refractivity contribution in [2.24, 2.45) is 0 Å². The normalized spacial score (nSPS) is 10.5. The second-order valence-electron chi connectivity index (χ2n) is 4.92. The van der Waals surface area contributed by atoms with Crippen molar-refractivity contribution in [2.75, 3.05) is 24.7 Å². The fourth-order valence-corrected chi connectivity index (χ4v) is 3.56. The molecule has 1 aromatic rings. The Morgan fingerprint density at radius 3 is 2.28 bits per heavy atom. The molecule has 0 aliphatic rings. The lowest BCUT2D eigenvalue weighted by atomic mass is 10.2. The molecule has 0 fully saturated rings. The van der Waals surface area contributed by atoms with Crippen molar-refractivity contribution in [3.05, 3.63) is 28.8 Å². The van der Waals surface area contributed by atoms with Gasteiger partial charge < -0.3 is 20.3 Å². The second-order valence-corrected chi connectivity index (χ2v) is 8.06. The van der Waals surface area contributed by atoms with Crippen LogP contribution in [0.1, 0.15) is 23.7 Å². The van der Waals surface area contributed by atoms with Gasteiger partial charge in [-0.15, -0.1) is 0 Å². The number of alkyl halides is 3. The summed E-state index contributed by atoms with van der Waals surface area (Å²) in [5.74, 6) is -2.04. The second kappa shape index (κ2) is 14.2. The zero-order valence-electron chi connectivity index (χ0n) is 15.1. The molecule has 0 heterocycles. The van der Waals surface area contributed by atoms with E-state index in [1.807, 2.05) is 6.92 Å². The zero-order chi connectivity index (χ0) is 22.4. The SMILES string of the molecule is CCOc1cc(Cl)ccc1C(=O)NCCSSCCC(=O)O.O=C(O)C(F)(F)F. The van der Waals surface area contributed by atoms with Gasteiger partial charge in [-0.25, -0.2) is 4.79 Å². The van der Waals surface area contributed by atoms with E-state index in [4.69, 9.17) is 31.3 Å². The molecule has 7 nitrogen and oxygen atoms in total. The molecular formula is C16H19ClF3NO6S2. The number of carbonyl (C=O) groups is 3. The first-order valence-corrected chi connectivity index (χ1v) is 10.8. The lowest BCUT2D eigenvalue weighted by Gasteiger charge is -2.11. The number of aliphatic carboxylic acids is 2. The van der Waals surface area contributed by atoms with Gasteiger partial charge in [0.1, 0.15) is 5.75 Å². The maximum Gasteiger partial charge on any atom is 0.490 e. The molecule has 0 spiro atoms. The maximum atomic E-state index is 12.1. The molecule has 0 aliphatic heterocycles. The van der Waals surface area contributed by atoms with E-state index in [2.05, 4.69) is 5.32 Å². The quantitative estimate of drug-likeness (QED) is 0.343. The number of rotatable bonds is 10. The van der Waals surface area contributed by atoms with Gasteiger partial charge in [-0.3, -0.25) is 9.59 Å². The van der Waals surface area contributed by atoms with E-state index in [9.17, 15) is 22.8 Å². The van der Waals surface area contributed by atoms with E-state index in [-0.39, 0.29) is 12.3 Å². The van der Waals surface area contributed by atoms with Gasteiger partial charge in [-0.05, 0) is 25.1 Å². The summed E-state index contributed by atoms with van der Waals surface area (Å²) in [5, 5.41) is 19.0. The van der Waals surface area contributed by atoms with Crippen molar-refractivity contribution in [1.82, 2.24) is 5.32 Å². The average molecular weight is 478 g/mol. The molecule has 164 valence electrons. The van der Waals surface area contributed by atoms with E-state index in [0.29, 0.717) is 41.0 Å². The predicted molar refractivity (Wildman–Crippen MR) is 106 cm³/mol.